The van der Waals surface area contributed by atoms with Gasteiger partial charge in [-0.1, -0.05) is 11.3 Å². The van der Waals surface area contributed by atoms with Gasteiger partial charge in [0.1, 0.15) is 5.01 Å². The molecule has 8 heteroatoms. The van der Waals surface area contributed by atoms with E-state index in [1.165, 1.54) is 11.3 Å². The maximum absolute atomic E-state index is 12.8. The Morgan fingerprint density at radius 1 is 1.15 bits per heavy atom. The molecule has 0 bridgehead atoms. The lowest BCUT2D eigenvalue weighted by Crippen LogP contribution is -2.39. The number of nitrogens with one attached hydrogen (secondary N) is 1. The second kappa shape index (κ2) is 8.90. The number of aliphatic carboxylic acids is 1. The van der Waals surface area contributed by atoms with Crippen LogP contribution in [-0.2, 0) is 4.79 Å². The number of piperidine rings is 1. The molecule has 1 saturated heterocycles. The van der Waals surface area contributed by atoms with E-state index in [-0.39, 0.29) is 18.4 Å². The van der Waals surface area contributed by atoms with Crippen molar-refractivity contribution in [1.82, 2.24) is 20.4 Å². The fourth-order valence-corrected chi connectivity index (χ4v) is 5.02. The molecule has 1 aromatic rings. The van der Waals surface area contributed by atoms with Gasteiger partial charge in [0.05, 0.1) is 0 Å². The molecule has 1 aliphatic carbocycles. The fourth-order valence-electron chi connectivity index (χ4n) is 4.02. The summed E-state index contributed by atoms with van der Waals surface area (Å²) in [6, 6.07) is 0.217. The Bertz CT molecular complexity index is 622. The molecule has 7 nitrogen and oxygen atoms in total. The van der Waals surface area contributed by atoms with Crippen molar-refractivity contribution < 1.29 is 14.7 Å². The monoisotopic (exact) mass is 380 g/mol. The van der Waals surface area contributed by atoms with Crippen LogP contribution in [0.1, 0.15) is 72.1 Å². The minimum absolute atomic E-state index is 0.0309. The first kappa shape index (κ1) is 19.2. The molecule has 0 unspecified atom stereocenters. The van der Waals surface area contributed by atoms with E-state index < -0.39 is 5.97 Å². The normalized spacial score (nSPS) is 24.3. The molecule has 1 aliphatic heterocycles. The van der Waals surface area contributed by atoms with Crippen molar-refractivity contribution in [2.75, 3.05) is 20.1 Å². The minimum Gasteiger partial charge on any atom is -0.481 e. The van der Waals surface area contributed by atoms with E-state index in [4.69, 9.17) is 5.11 Å². The van der Waals surface area contributed by atoms with Gasteiger partial charge in [0.15, 0.2) is 0 Å². The molecule has 144 valence electrons. The first-order valence-corrected chi connectivity index (χ1v) is 10.4. The number of carbonyl (C=O) groups excluding carboxylic acids is 1. The molecule has 1 amide bonds. The molecule has 2 N–H and O–H groups in total. The number of rotatable bonds is 6. The standard InChI is InChI=1S/C18H28N4O3S/c1-22(14-5-2-12(3-6-14)4-7-15(23)24)18(25)17-21-20-16(26-17)13-8-10-19-11-9-13/h12-14,19H,2-11H2,1H3,(H,23,24). The lowest BCUT2D eigenvalue weighted by Gasteiger charge is -2.34. The smallest absolute Gasteiger partial charge is 0.303 e. The predicted molar refractivity (Wildman–Crippen MR) is 99.5 cm³/mol. The van der Waals surface area contributed by atoms with Gasteiger partial charge >= 0.3 is 5.97 Å². The third kappa shape index (κ3) is 4.79. The number of aromatic nitrogens is 2. The zero-order valence-electron chi connectivity index (χ0n) is 15.3. The van der Waals surface area contributed by atoms with E-state index in [9.17, 15) is 9.59 Å². The van der Waals surface area contributed by atoms with Crippen molar-refractivity contribution in [3.05, 3.63) is 10.0 Å². The topological polar surface area (TPSA) is 95.4 Å². The summed E-state index contributed by atoms with van der Waals surface area (Å²) >= 11 is 1.45. The Morgan fingerprint density at radius 3 is 2.50 bits per heavy atom. The summed E-state index contributed by atoms with van der Waals surface area (Å²) in [7, 11) is 1.86. The van der Waals surface area contributed by atoms with Gasteiger partial charge < -0.3 is 15.3 Å². The molecule has 1 saturated carbocycles. The van der Waals surface area contributed by atoms with Crippen LogP contribution in [-0.4, -0.2) is 58.3 Å². The predicted octanol–water partition coefficient (Wildman–Crippen LogP) is 2.50. The highest BCUT2D eigenvalue weighted by Gasteiger charge is 2.29. The van der Waals surface area contributed by atoms with Crippen molar-refractivity contribution in [1.29, 1.82) is 0 Å². The van der Waals surface area contributed by atoms with E-state index in [1.807, 2.05) is 11.9 Å². The van der Waals surface area contributed by atoms with Gasteiger partial charge in [-0.25, -0.2) is 0 Å². The van der Waals surface area contributed by atoms with Crippen molar-refractivity contribution in [2.45, 2.75) is 63.3 Å². The highest BCUT2D eigenvalue weighted by Crippen LogP contribution is 2.32. The van der Waals surface area contributed by atoms with Crippen molar-refractivity contribution in [3.8, 4) is 0 Å². The molecule has 0 radical (unpaired) electrons. The molecule has 2 heterocycles. The number of carbonyl (C=O) groups is 2. The Kier molecular flexibility index (Phi) is 6.58. The van der Waals surface area contributed by atoms with Crippen LogP contribution in [0.2, 0.25) is 0 Å². The molecular formula is C18H28N4O3S. The molecule has 2 aliphatic rings. The number of hydrogen-bond donors (Lipinski definition) is 2. The van der Waals surface area contributed by atoms with Gasteiger partial charge in [0, 0.05) is 25.4 Å². The molecular weight excluding hydrogens is 352 g/mol. The van der Waals surface area contributed by atoms with Crippen molar-refractivity contribution in [2.24, 2.45) is 5.92 Å². The lowest BCUT2D eigenvalue weighted by molar-refractivity contribution is -0.137. The summed E-state index contributed by atoms with van der Waals surface area (Å²) in [5.41, 5.74) is 0. The third-order valence-corrected chi connectivity index (χ3v) is 6.84. The van der Waals surface area contributed by atoms with Gasteiger partial charge in [0.2, 0.25) is 5.01 Å². The van der Waals surface area contributed by atoms with Crippen LogP contribution >= 0.6 is 11.3 Å². The number of hydrogen-bond acceptors (Lipinski definition) is 6. The third-order valence-electron chi connectivity index (χ3n) is 5.76. The summed E-state index contributed by atoms with van der Waals surface area (Å²) in [5, 5.41) is 22.1. The van der Waals surface area contributed by atoms with E-state index in [0.717, 1.165) is 63.0 Å². The van der Waals surface area contributed by atoms with Crippen LogP contribution < -0.4 is 5.32 Å². The first-order valence-electron chi connectivity index (χ1n) is 9.57. The number of nitrogens with zero attached hydrogens (tertiary/aromatic N) is 3. The van der Waals surface area contributed by atoms with Crippen LogP contribution in [0.3, 0.4) is 0 Å². The quantitative estimate of drug-likeness (QED) is 0.787. The summed E-state index contributed by atoms with van der Waals surface area (Å²) in [4.78, 5) is 25.3. The van der Waals surface area contributed by atoms with Crippen LogP contribution in [0.4, 0.5) is 0 Å². The van der Waals surface area contributed by atoms with Crippen LogP contribution in [0.15, 0.2) is 0 Å². The lowest BCUT2D eigenvalue weighted by atomic mass is 9.83. The maximum Gasteiger partial charge on any atom is 0.303 e. The van der Waals surface area contributed by atoms with E-state index in [0.29, 0.717) is 16.8 Å². The minimum atomic E-state index is -0.722. The Hall–Kier alpha value is -1.54. The summed E-state index contributed by atoms with van der Waals surface area (Å²) in [5.74, 6) is 0.140. The second-order valence-corrected chi connectivity index (χ2v) is 8.50. The van der Waals surface area contributed by atoms with Gasteiger partial charge in [-0.15, -0.1) is 10.2 Å². The summed E-state index contributed by atoms with van der Waals surface area (Å²) in [6.07, 6.45) is 6.96. The molecule has 26 heavy (non-hydrogen) atoms. The van der Waals surface area contributed by atoms with Crippen LogP contribution in [0, 0.1) is 5.92 Å². The molecule has 2 fully saturated rings. The largest absolute Gasteiger partial charge is 0.481 e. The SMILES string of the molecule is CN(C(=O)c1nnc(C2CCNCC2)s1)C1CCC(CCC(=O)O)CC1. The van der Waals surface area contributed by atoms with Crippen molar-refractivity contribution in [3.63, 3.8) is 0 Å². The summed E-state index contributed by atoms with van der Waals surface area (Å²) < 4.78 is 0. The van der Waals surface area contributed by atoms with Crippen LogP contribution in [0.25, 0.3) is 0 Å². The fraction of sp³-hybridized carbons (Fsp3) is 0.778. The highest BCUT2D eigenvalue weighted by atomic mass is 32.1. The summed E-state index contributed by atoms with van der Waals surface area (Å²) in [6.45, 7) is 2.00. The second-order valence-electron chi connectivity index (χ2n) is 7.49. The first-order chi connectivity index (χ1) is 12.5. The van der Waals surface area contributed by atoms with Crippen molar-refractivity contribution >= 4 is 23.2 Å². The van der Waals surface area contributed by atoms with Gasteiger partial charge in [-0.05, 0) is 64.0 Å². The van der Waals surface area contributed by atoms with E-state index in [2.05, 4.69) is 15.5 Å². The van der Waals surface area contributed by atoms with E-state index >= 15 is 0 Å². The molecule has 0 aromatic carbocycles. The van der Waals surface area contributed by atoms with E-state index in [1.54, 1.807) is 0 Å². The zero-order valence-corrected chi connectivity index (χ0v) is 16.1. The number of carboxylic acids is 1. The molecule has 0 atom stereocenters. The van der Waals surface area contributed by atoms with Gasteiger partial charge in [-0.3, -0.25) is 9.59 Å². The zero-order chi connectivity index (χ0) is 18.5. The average Bonchev–Trinajstić information content (AvgIpc) is 3.16. The Morgan fingerprint density at radius 2 is 1.85 bits per heavy atom. The maximum atomic E-state index is 12.8. The van der Waals surface area contributed by atoms with Gasteiger partial charge in [-0.2, -0.15) is 0 Å². The Balaban J connectivity index is 1.52. The molecule has 1 aromatic heterocycles. The molecule has 3 rings (SSSR count). The number of amides is 1. The van der Waals surface area contributed by atoms with Crippen LogP contribution in [0.5, 0.6) is 0 Å². The van der Waals surface area contributed by atoms with Gasteiger partial charge in [0.25, 0.3) is 5.91 Å². The molecule has 0 spiro atoms. The Labute approximate surface area is 158 Å². The number of carboxylic acid groups (broad SMARTS) is 1. The highest BCUT2D eigenvalue weighted by molar-refractivity contribution is 7.13. The average molecular weight is 381 g/mol.